The third-order valence-electron chi connectivity index (χ3n) is 1.86. The van der Waals surface area contributed by atoms with Crippen LogP contribution in [0, 0.1) is 0 Å². The van der Waals surface area contributed by atoms with Crippen LogP contribution in [0.3, 0.4) is 0 Å². The zero-order valence-electron chi connectivity index (χ0n) is 8.20. The van der Waals surface area contributed by atoms with Gasteiger partial charge >= 0.3 is 0 Å². The highest BCUT2D eigenvalue weighted by molar-refractivity contribution is 7.10. The summed E-state index contributed by atoms with van der Waals surface area (Å²) in [6, 6.07) is 0. The fourth-order valence-corrected chi connectivity index (χ4v) is 1.35. The summed E-state index contributed by atoms with van der Waals surface area (Å²) in [7, 11) is 1.86. The molecule has 0 aliphatic heterocycles. The second-order valence-corrected chi connectivity index (χ2v) is 3.58. The van der Waals surface area contributed by atoms with Gasteiger partial charge in [0, 0.05) is 18.6 Å². The summed E-state index contributed by atoms with van der Waals surface area (Å²) in [5.41, 5.74) is 0.896. The van der Waals surface area contributed by atoms with Gasteiger partial charge in [-0.2, -0.15) is 0 Å². The maximum absolute atomic E-state index is 5.54. The summed E-state index contributed by atoms with van der Waals surface area (Å²) >= 11 is 1.36. The molecule has 5 heteroatoms. The smallest absolute Gasteiger partial charge is 0.135 e. The molecule has 0 spiro atoms. The number of hydrogen-bond donors (Lipinski definition) is 1. The molecule has 4 nitrogen and oxygen atoms in total. The van der Waals surface area contributed by atoms with E-state index in [9.17, 15) is 0 Å². The van der Waals surface area contributed by atoms with E-state index in [-0.39, 0.29) is 6.10 Å². The van der Waals surface area contributed by atoms with Gasteiger partial charge in [0.1, 0.15) is 10.7 Å². The van der Waals surface area contributed by atoms with E-state index in [1.54, 1.807) is 0 Å². The molecule has 1 atom stereocenters. The lowest BCUT2D eigenvalue weighted by molar-refractivity contribution is 0.0492. The quantitative estimate of drug-likeness (QED) is 0.790. The first kappa shape index (κ1) is 10.4. The number of hydrogen-bond acceptors (Lipinski definition) is 5. The molecule has 13 heavy (non-hydrogen) atoms. The fourth-order valence-electron chi connectivity index (χ4n) is 0.832. The van der Waals surface area contributed by atoms with E-state index in [0.717, 1.165) is 17.1 Å². The van der Waals surface area contributed by atoms with Crippen molar-refractivity contribution >= 4 is 16.5 Å². The molecular formula is C8H15N3OS. The van der Waals surface area contributed by atoms with Crippen molar-refractivity contribution in [2.45, 2.75) is 33.0 Å². The van der Waals surface area contributed by atoms with Crippen molar-refractivity contribution in [3.05, 3.63) is 5.69 Å². The monoisotopic (exact) mass is 201 g/mol. The van der Waals surface area contributed by atoms with Gasteiger partial charge in [-0.3, -0.25) is 0 Å². The summed E-state index contributed by atoms with van der Waals surface area (Å²) in [6.45, 7) is 4.70. The fraction of sp³-hybridized carbons (Fsp3) is 0.750. The number of anilines is 1. The summed E-state index contributed by atoms with van der Waals surface area (Å²) in [6.07, 6.45) is 1.30. The minimum atomic E-state index is 0.284. The Morgan fingerprint density at radius 2 is 2.38 bits per heavy atom. The third-order valence-corrected chi connectivity index (χ3v) is 2.65. The van der Waals surface area contributed by atoms with Crippen LogP contribution >= 0.6 is 11.5 Å². The first-order chi connectivity index (χ1) is 6.27. The molecule has 0 fully saturated rings. The highest BCUT2D eigenvalue weighted by atomic mass is 32.1. The normalized spacial score (nSPS) is 12.8. The molecule has 0 amide bonds. The van der Waals surface area contributed by atoms with Gasteiger partial charge in [0.2, 0.25) is 0 Å². The lowest BCUT2D eigenvalue weighted by Gasteiger charge is -2.08. The van der Waals surface area contributed by atoms with Gasteiger partial charge in [-0.1, -0.05) is 11.4 Å². The van der Waals surface area contributed by atoms with Crippen LogP contribution in [0.5, 0.6) is 0 Å². The van der Waals surface area contributed by atoms with E-state index < -0.39 is 0 Å². The zero-order valence-corrected chi connectivity index (χ0v) is 9.02. The topological polar surface area (TPSA) is 47.0 Å². The SMILES string of the molecule is CCC(C)OCc1nnsc1NC. The van der Waals surface area contributed by atoms with Crippen molar-refractivity contribution < 1.29 is 4.74 Å². The van der Waals surface area contributed by atoms with Gasteiger partial charge in [-0.25, -0.2) is 0 Å². The average molecular weight is 201 g/mol. The maximum Gasteiger partial charge on any atom is 0.135 e. The lowest BCUT2D eigenvalue weighted by atomic mass is 10.3. The number of aromatic nitrogens is 2. The molecule has 0 saturated heterocycles. The van der Waals surface area contributed by atoms with E-state index >= 15 is 0 Å². The number of nitrogens with zero attached hydrogens (tertiary/aromatic N) is 2. The minimum absolute atomic E-state index is 0.284. The van der Waals surface area contributed by atoms with Gasteiger partial charge < -0.3 is 10.1 Å². The molecule has 0 bridgehead atoms. The second kappa shape index (κ2) is 5.14. The minimum Gasteiger partial charge on any atom is -0.377 e. The molecule has 1 aromatic heterocycles. The largest absolute Gasteiger partial charge is 0.377 e. The molecule has 0 radical (unpaired) electrons. The van der Waals surface area contributed by atoms with Gasteiger partial charge in [-0.15, -0.1) is 5.10 Å². The molecule has 74 valence electrons. The van der Waals surface area contributed by atoms with E-state index in [4.69, 9.17) is 4.74 Å². The molecule has 0 aliphatic carbocycles. The Bertz CT molecular complexity index is 251. The van der Waals surface area contributed by atoms with Crippen molar-refractivity contribution in [3.63, 3.8) is 0 Å². The third kappa shape index (κ3) is 2.93. The Balaban J connectivity index is 2.44. The van der Waals surface area contributed by atoms with Gasteiger partial charge in [0.05, 0.1) is 12.7 Å². The van der Waals surface area contributed by atoms with Crippen LogP contribution in [0.15, 0.2) is 0 Å². The summed E-state index contributed by atoms with van der Waals surface area (Å²) in [5.74, 6) is 0. The van der Waals surface area contributed by atoms with Crippen LogP contribution in [0.2, 0.25) is 0 Å². The first-order valence-electron chi connectivity index (χ1n) is 4.38. The maximum atomic E-state index is 5.54. The predicted octanol–water partition coefficient (Wildman–Crippen LogP) is 1.89. The molecule has 1 unspecified atom stereocenters. The van der Waals surface area contributed by atoms with Gasteiger partial charge in [0.15, 0.2) is 0 Å². The van der Waals surface area contributed by atoms with Crippen LogP contribution in [-0.2, 0) is 11.3 Å². The Morgan fingerprint density at radius 3 is 3.00 bits per heavy atom. The van der Waals surface area contributed by atoms with Crippen LogP contribution in [0.4, 0.5) is 5.00 Å². The highest BCUT2D eigenvalue weighted by Crippen LogP contribution is 2.17. The molecule has 1 aromatic rings. The van der Waals surface area contributed by atoms with Crippen molar-refractivity contribution in [3.8, 4) is 0 Å². The Morgan fingerprint density at radius 1 is 1.62 bits per heavy atom. The van der Waals surface area contributed by atoms with E-state index in [2.05, 4.69) is 28.8 Å². The molecule has 1 N–H and O–H groups in total. The number of rotatable bonds is 5. The molecule has 0 aliphatic rings. The van der Waals surface area contributed by atoms with Gasteiger partial charge in [0.25, 0.3) is 0 Å². The first-order valence-corrected chi connectivity index (χ1v) is 5.15. The summed E-state index contributed by atoms with van der Waals surface area (Å²) in [5, 5.41) is 7.99. The Hall–Kier alpha value is -0.680. The Labute approximate surface area is 82.5 Å². The second-order valence-electron chi connectivity index (χ2n) is 2.83. The molecular weight excluding hydrogens is 186 g/mol. The molecule has 0 saturated carbocycles. The molecule has 1 rings (SSSR count). The molecule has 0 aromatic carbocycles. The van der Waals surface area contributed by atoms with Crippen molar-refractivity contribution in [1.82, 2.24) is 9.59 Å². The van der Waals surface area contributed by atoms with E-state index in [1.807, 2.05) is 7.05 Å². The summed E-state index contributed by atoms with van der Waals surface area (Å²) in [4.78, 5) is 0. The lowest BCUT2D eigenvalue weighted by Crippen LogP contribution is -2.07. The van der Waals surface area contributed by atoms with Crippen molar-refractivity contribution in [1.29, 1.82) is 0 Å². The van der Waals surface area contributed by atoms with E-state index in [0.29, 0.717) is 6.61 Å². The standard InChI is InChI=1S/C8H15N3OS/c1-4-6(2)12-5-7-8(9-3)13-11-10-7/h6,9H,4-5H2,1-3H3. The average Bonchev–Trinajstić information content (AvgIpc) is 2.61. The van der Waals surface area contributed by atoms with Crippen LogP contribution in [0.1, 0.15) is 26.0 Å². The highest BCUT2D eigenvalue weighted by Gasteiger charge is 2.07. The van der Waals surface area contributed by atoms with Crippen LogP contribution < -0.4 is 5.32 Å². The van der Waals surface area contributed by atoms with Crippen LogP contribution in [-0.4, -0.2) is 22.7 Å². The van der Waals surface area contributed by atoms with Crippen molar-refractivity contribution in [2.75, 3.05) is 12.4 Å². The predicted molar refractivity (Wildman–Crippen MR) is 54.0 cm³/mol. The molecule has 1 heterocycles. The zero-order chi connectivity index (χ0) is 9.68. The van der Waals surface area contributed by atoms with Gasteiger partial charge in [-0.05, 0) is 13.3 Å². The van der Waals surface area contributed by atoms with Crippen molar-refractivity contribution in [2.24, 2.45) is 0 Å². The summed E-state index contributed by atoms with van der Waals surface area (Å²) < 4.78 is 9.39. The van der Waals surface area contributed by atoms with E-state index in [1.165, 1.54) is 11.5 Å². The van der Waals surface area contributed by atoms with Crippen LogP contribution in [0.25, 0.3) is 0 Å². The number of ether oxygens (including phenoxy) is 1. The number of nitrogens with one attached hydrogen (secondary N) is 1. The Kier molecular flexibility index (Phi) is 4.11.